The topological polar surface area (TPSA) is 65.9 Å². The smallest absolute Gasteiger partial charge is 0.191 e. The van der Waals surface area contributed by atoms with Gasteiger partial charge in [0, 0.05) is 24.2 Å². The van der Waals surface area contributed by atoms with Crippen LogP contribution in [0.25, 0.3) is 0 Å². The molecular formula is C18H23FIN3O2. The van der Waals surface area contributed by atoms with E-state index in [4.69, 9.17) is 4.74 Å². The molecule has 0 aliphatic carbocycles. The molecule has 0 radical (unpaired) electrons. The number of para-hydroxylation sites is 1. The van der Waals surface area contributed by atoms with Gasteiger partial charge >= 0.3 is 0 Å². The van der Waals surface area contributed by atoms with Crippen LogP contribution in [0.4, 0.5) is 4.39 Å². The second-order valence-corrected chi connectivity index (χ2v) is 5.11. The molecule has 2 rings (SSSR count). The molecule has 0 saturated heterocycles. The average molecular weight is 459 g/mol. The van der Waals surface area contributed by atoms with Crippen LogP contribution in [0, 0.1) is 5.82 Å². The maximum Gasteiger partial charge on any atom is 0.191 e. The highest BCUT2D eigenvalue weighted by Crippen LogP contribution is 2.29. The Labute approximate surface area is 164 Å². The molecule has 0 aliphatic rings. The summed E-state index contributed by atoms with van der Waals surface area (Å²) in [7, 11) is 1.50. The molecule has 136 valence electrons. The second-order valence-electron chi connectivity index (χ2n) is 5.11. The first-order valence-electron chi connectivity index (χ1n) is 7.76. The number of benzene rings is 2. The lowest BCUT2D eigenvalue weighted by molar-refractivity contribution is 0.370. The van der Waals surface area contributed by atoms with E-state index in [1.807, 2.05) is 6.92 Å². The first-order valence-corrected chi connectivity index (χ1v) is 7.76. The van der Waals surface area contributed by atoms with Gasteiger partial charge in [-0.1, -0.05) is 30.3 Å². The van der Waals surface area contributed by atoms with Crippen LogP contribution in [0.1, 0.15) is 18.1 Å². The summed E-state index contributed by atoms with van der Waals surface area (Å²) in [6.07, 6.45) is 0. The number of hydrogen-bond acceptors (Lipinski definition) is 3. The molecule has 0 spiro atoms. The molecule has 0 saturated carbocycles. The molecular weight excluding hydrogens is 436 g/mol. The number of guanidine groups is 1. The summed E-state index contributed by atoms with van der Waals surface area (Å²) in [6.45, 7) is 3.22. The molecule has 0 aliphatic heterocycles. The summed E-state index contributed by atoms with van der Waals surface area (Å²) in [4.78, 5) is 4.42. The molecule has 0 atom stereocenters. The van der Waals surface area contributed by atoms with Crippen molar-refractivity contribution in [2.45, 2.75) is 20.0 Å². The molecule has 0 unspecified atom stereocenters. The second kappa shape index (κ2) is 10.8. The molecule has 0 heterocycles. The third-order valence-electron chi connectivity index (χ3n) is 3.46. The highest BCUT2D eigenvalue weighted by molar-refractivity contribution is 14.0. The third kappa shape index (κ3) is 6.08. The van der Waals surface area contributed by atoms with E-state index in [9.17, 15) is 9.50 Å². The Kier molecular flexibility index (Phi) is 9.04. The lowest BCUT2D eigenvalue weighted by Crippen LogP contribution is -2.37. The van der Waals surface area contributed by atoms with E-state index in [0.29, 0.717) is 35.9 Å². The number of phenols is 1. The Morgan fingerprint density at radius 3 is 2.52 bits per heavy atom. The van der Waals surface area contributed by atoms with Crippen molar-refractivity contribution >= 4 is 29.9 Å². The maximum absolute atomic E-state index is 13.7. The van der Waals surface area contributed by atoms with Gasteiger partial charge in [-0.15, -0.1) is 24.0 Å². The first kappa shape index (κ1) is 21.0. The number of nitrogens with zero attached hydrogens (tertiary/aromatic N) is 1. The number of ether oxygens (including phenoxy) is 1. The van der Waals surface area contributed by atoms with Crippen LogP contribution in [-0.2, 0) is 13.1 Å². The van der Waals surface area contributed by atoms with Gasteiger partial charge in [0.25, 0.3) is 0 Å². The van der Waals surface area contributed by atoms with E-state index in [-0.39, 0.29) is 42.1 Å². The molecule has 2 aromatic rings. The van der Waals surface area contributed by atoms with Crippen LogP contribution in [0.5, 0.6) is 11.5 Å². The largest absolute Gasteiger partial charge is 0.504 e. The number of phenolic OH excluding ortho intramolecular Hbond substituents is 1. The van der Waals surface area contributed by atoms with Gasteiger partial charge in [-0.25, -0.2) is 9.38 Å². The summed E-state index contributed by atoms with van der Waals surface area (Å²) >= 11 is 0. The molecule has 25 heavy (non-hydrogen) atoms. The first-order chi connectivity index (χ1) is 11.7. The quantitative estimate of drug-likeness (QED) is 0.352. The Bertz CT molecular complexity index is 710. The van der Waals surface area contributed by atoms with E-state index in [1.54, 1.807) is 36.4 Å². The molecule has 0 amide bonds. The molecule has 0 bridgehead atoms. The van der Waals surface area contributed by atoms with Gasteiger partial charge in [-0.05, 0) is 19.1 Å². The molecule has 0 fully saturated rings. The van der Waals surface area contributed by atoms with Gasteiger partial charge in [0.2, 0.25) is 0 Å². The Morgan fingerprint density at radius 2 is 1.84 bits per heavy atom. The van der Waals surface area contributed by atoms with Crippen molar-refractivity contribution in [2.24, 2.45) is 4.99 Å². The van der Waals surface area contributed by atoms with E-state index < -0.39 is 0 Å². The van der Waals surface area contributed by atoms with Gasteiger partial charge in [-0.2, -0.15) is 0 Å². The fourth-order valence-electron chi connectivity index (χ4n) is 2.19. The van der Waals surface area contributed by atoms with Crippen molar-refractivity contribution in [1.29, 1.82) is 0 Å². The van der Waals surface area contributed by atoms with Crippen molar-refractivity contribution < 1.29 is 14.2 Å². The predicted molar refractivity (Wildman–Crippen MR) is 108 cm³/mol. The summed E-state index contributed by atoms with van der Waals surface area (Å²) in [6, 6.07) is 11.9. The normalized spacial score (nSPS) is 10.8. The molecule has 0 aromatic heterocycles. The fraction of sp³-hybridized carbons (Fsp3) is 0.278. The average Bonchev–Trinajstić information content (AvgIpc) is 2.59. The minimum absolute atomic E-state index is 0. The van der Waals surface area contributed by atoms with E-state index in [1.165, 1.54) is 13.2 Å². The minimum atomic E-state index is -0.258. The lowest BCUT2D eigenvalue weighted by atomic mass is 10.2. The number of hydrogen-bond donors (Lipinski definition) is 3. The Morgan fingerprint density at radius 1 is 1.12 bits per heavy atom. The summed E-state index contributed by atoms with van der Waals surface area (Å²) in [5.41, 5.74) is 1.21. The third-order valence-corrected chi connectivity index (χ3v) is 3.46. The van der Waals surface area contributed by atoms with Gasteiger partial charge < -0.3 is 20.5 Å². The molecule has 7 heteroatoms. The number of rotatable bonds is 6. The van der Waals surface area contributed by atoms with Crippen LogP contribution >= 0.6 is 24.0 Å². The number of halogens is 2. The van der Waals surface area contributed by atoms with Gasteiger partial charge in [0.05, 0.1) is 13.7 Å². The zero-order valence-corrected chi connectivity index (χ0v) is 16.6. The minimum Gasteiger partial charge on any atom is -0.504 e. The van der Waals surface area contributed by atoms with Crippen LogP contribution in [0.2, 0.25) is 0 Å². The molecule has 3 N–H and O–H groups in total. The van der Waals surface area contributed by atoms with Crippen molar-refractivity contribution in [2.75, 3.05) is 13.7 Å². The summed E-state index contributed by atoms with van der Waals surface area (Å²) < 4.78 is 18.8. The zero-order valence-electron chi connectivity index (χ0n) is 14.3. The molecule has 5 nitrogen and oxygen atoms in total. The zero-order chi connectivity index (χ0) is 17.4. The number of aliphatic imine (C=N–C) groups is 1. The number of methoxy groups -OCH3 is 1. The standard InChI is InChI=1S/C18H22FN3O2.HI/c1-3-20-18(21-11-13-7-4-5-9-15(13)19)22-12-14-8-6-10-16(24-2)17(14)23;/h4-10,23H,3,11-12H2,1-2H3,(H2,20,21,22);1H. The van der Waals surface area contributed by atoms with E-state index in [0.717, 1.165) is 0 Å². The SMILES string of the molecule is CCNC(=NCc1cccc(OC)c1O)NCc1ccccc1F.I. The lowest BCUT2D eigenvalue weighted by Gasteiger charge is -2.12. The summed E-state index contributed by atoms with van der Waals surface area (Å²) in [5.74, 6) is 0.773. The molecule has 2 aromatic carbocycles. The van der Waals surface area contributed by atoms with Crippen molar-refractivity contribution in [3.8, 4) is 11.5 Å². The van der Waals surface area contributed by atoms with Crippen molar-refractivity contribution in [3.05, 3.63) is 59.4 Å². The van der Waals surface area contributed by atoms with Crippen molar-refractivity contribution in [1.82, 2.24) is 10.6 Å². The van der Waals surface area contributed by atoms with E-state index in [2.05, 4.69) is 15.6 Å². The fourth-order valence-corrected chi connectivity index (χ4v) is 2.19. The van der Waals surface area contributed by atoms with Gasteiger partial charge in [0.1, 0.15) is 5.82 Å². The maximum atomic E-state index is 13.7. The highest BCUT2D eigenvalue weighted by atomic mass is 127. The van der Waals surface area contributed by atoms with Crippen LogP contribution in [0.3, 0.4) is 0 Å². The van der Waals surface area contributed by atoms with Crippen LogP contribution in [-0.4, -0.2) is 24.7 Å². The van der Waals surface area contributed by atoms with Crippen molar-refractivity contribution in [3.63, 3.8) is 0 Å². The summed E-state index contributed by atoms with van der Waals surface area (Å²) in [5, 5.41) is 16.3. The monoisotopic (exact) mass is 459 g/mol. The van der Waals surface area contributed by atoms with Crippen LogP contribution in [0.15, 0.2) is 47.5 Å². The Hall–Kier alpha value is -2.03. The highest BCUT2D eigenvalue weighted by Gasteiger charge is 2.07. The predicted octanol–water partition coefficient (Wildman–Crippen LogP) is 3.41. The van der Waals surface area contributed by atoms with Gasteiger partial charge in [-0.3, -0.25) is 0 Å². The van der Waals surface area contributed by atoms with Crippen LogP contribution < -0.4 is 15.4 Å². The van der Waals surface area contributed by atoms with Gasteiger partial charge in [0.15, 0.2) is 17.5 Å². The van der Waals surface area contributed by atoms with E-state index >= 15 is 0 Å². The number of aromatic hydroxyl groups is 1. The Balaban J connectivity index is 0.00000312. The number of nitrogens with one attached hydrogen (secondary N) is 2.